The molecule has 0 saturated carbocycles. The second-order valence-corrected chi connectivity index (χ2v) is 6.67. The van der Waals surface area contributed by atoms with E-state index in [1.165, 1.54) is 4.90 Å². The lowest BCUT2D eigenvalue weighted by Gasteiger charge is -2.31. The van der Waals surface area contributed by atoms with Crippen molar-refractivity contribution in [2.45, 2.75) is 51.5 Å². The SMILES string of the molecule is CC(C)(C#N)CCCCN1C(=O)NC2(CCNCC2)C1=O. The van der Waals surface area contributed by atoms with Gasteiger partial charge in [0.1, 0.15) is 5.54 Å². The number of imide groups is 1. The Morgan fingerprint density at radius 1 is 1.29 bits per heavy atom. The van der Waals surface area contributed by atoms with Crippen LogP contribution < -0.4 is 10.6 Å². The molecule has 2 heterocycles. The number of urea groups is 1. The first-order chi connectivity index (χ1) is 9.90. The summed E-state index contributed by atoms with van der Waals surface area (Å²) < 4.78 is 0. The maximum Gasteiger partial charge on any atom is 0.325 e. The van der Waals surface area contributed by atoms with Gasteiger partial charge in [-0.1, -0.05) is 6.42 Å². The van der Waals surface area contributed by atoms with Gasteiger partial charge in [-0.3, -0.25) is 9.69 Å². The van der Waals surface area contributed by atoms with Gasteiger partial charge in [0.25, 0.3) is 5.91 Å². The van der Waals surface area contributed by atoms with E-state index in [0.717, 1.165) is 32.4 Å². The van der Waals surface area contributed by atoms with E-state index in [4.69, 9.17) is 5.26 Å². The molecule has 0 radical (unpaired) electrons. The number of carbonyl (C=O) groups is 2. The highest BCUT2D eigenvalue weighted by Gasteiger charge is 2.50. The number of piperidine rings is 1. The highest BCUT2D eigenvalue weighted by molar-refractivity contribution is 6.07. The quantitative estimate of drug-likeness (QED) is 0.592. The summed E-state index contributed by atoms with van der Waals surface area (Å²) in [6.07, 6.45) is 3.69. The Morgan fingerprint density at radius 2 is 1.95 bits per heavy atom. The van der Waals surface area contributed by atoms with E-state index in [-0.39, 0.29) is 17.4 Å². The van der Waals surface area contributed by atoms with Crippen LogP contribution in [0.4, 0.5) is 4.79 Å². The van der Waals surface area contributed by atoms with Crippen LogP contribution >= 0.6 is 0 Å². The molecule has 0 aromatic rings. The Kier molecular flexibility index (Phi) is 4.52. The lowest BCUT2D eigenvalue weighted by atomic mass is 9.88. The second-order valence-electron chi connectivity index (χ2n) is 6.67. The zero-order chi connectivity index (χ0) is 15.5. The molecular formula is C15H24N4O2. The third-order valence-electron chi connectivity index (χ3n) is 4.44. The van der Waals surface area contributed by atoms with Gasteiger partial charge < -0.3 is 10.6 Å². The van der Waals surface area contributed by atoms with Crippen molar-refractivity contribution in [3.63, 3.8) is 0 Å². The molecule has 0 aromatic heterocycles. The Balaban J connectivity index is 1.85. The summed E-state index contributed by atoms with van der Waals surface area (Å²) in [5, 5.41) is 15.1. The standard InChI is InChI=1S/C15H24N4O2/c1-14(2,11-16)5-3-4-10-19-12(20)15(18-13(19)21)6-8-17-9-7-15/h17H,3-10H2,1-2H3,(H,18,21). The Labute approximate surface area is 125 Å². The Bertz CT molecular complexity index is 461. The highest BCUT2D eigenvalue weighted by atomic mass is 16.2. The number of carbonyl (C=O) groups excluding carboxylic acids is 2. The van der Waals surface area contributed by atoms with Crippen LogP contribution in [0.3, 0.4) is 0 Å². The third-order valence-corrected chi connectivity index (χ3v) is 4.44. The Hall–Kier alpha value is -1.61. The van der Waals surface area contributed by atoms with E-state index in [0.29, 0.717) is 19.4 Å². The zero-order valence-corrected chi connectivity index (χ0v) is 12.9. The summed E-state index contributed by atoms with van der Waals surface area (Å²) in [5.41, 5.74) is -1.01. The number of unbranched alkanes of at least 4 members (excludes halogenated alkanes) is 1. The number of hydrogen-bond acceptors (Lipinski definition) is 4. The van der Waals surface area contributed by atoms with Crippen LogP contribution in [0.25, 0.3) is 0 Å². The summed E-state index contributed by atoms with van der Waals surface area (Å²) in [7, 11) is 0. The average molecular weight is 292 g/mol. The summed E-state index contributed by atoms with van der Waals surface area (Å²) in [6.45, 7) is 5.78. The summed E-state index contributed by atoms with van der Waals surface area (Å²) >= 11 is 0. The topological polar surface area (TPSA) is 85.2 Å². The lowest BCUT2D eigenvalue weighted by Crippen LogP contribution is -2.53. The maximum atomic E-state index is 12.5. The summed E-state index contributed by atoms with van der Waals surface area (Å²) in [6, 6.07) is 2.00. The average Bonchev–Trinajstić information content (AvgIpc) is 2.68. The van der Waals surface area contributed by atoms with Gasteiger partial charge in [-0.25, -0.2) is 4.79 Å². The summed E-state index contributed by atoms with van der Waals surface area (Å²) in [5.74, 6) is -0.0754. The number of amides is 3. The predicted octanol–water partition coefficient (Wildman–Crippen LogP) is 1.38. The van der Waals surface area contributed by atoms with Gasteiger partial charge in [0, 0.05) is 6.54 Å². The van der Waals surface area contributed by atoms with Crippen molar-refractivity contribution in [3.05, 3.63) is 0 Å². The smallest absolute Gasteiger partial charge is 0.323 e. The molecule has 1 spiro atoms. The van der Waals surface area contributed by atoms with E-state index in [2.05, 4.69) is 16.7 Å². The van der Waals surface area contributed by atoms with Crippen LogP contribution in [0.15, 0.2) is 0 Å². The van der Waals surface area contributed by atoms with Gasteiger partial charge in [0.2, 0.25) is 0 Å². The van der Waals surface area contributed by atoms with Gasteiger partial charge in [-0.05, 0) is 52.6 Å². The fourth-order valence-corrected chi connectivity index (χ4v) is 2.96. The first kappa shape index (κ1) is 15.8. The molecule has 3 amide bonds. The molecule has 0 atom stereocenters. The molecule has 2 fully saturated rings. The van der Waals surface area contributed by atoms with E-state index < -0.39 is 5.54 Å². The molecule has 2 saturated heterocycles. The van der Waals surface area contributed by atoms with Gasteiger partial charge in [-0.15, -0.1) is 0 Å². The molecule has 0 aliphatic carbocycles. The normalized spacial score (nSPS) is 21.5. The molecule has 21 heavy (non-hydrogen) atoms. The van der Waals surface area contributed by atoms with Crippen LogP contribution in [0.1, 0.15) is 46.0 Å². The first-order valence-corrected chi connectivity index (χ1v) is 7.66. The Morgan fingerprint density at radius 3 is 2.57 bits per heavy atom. The molecule has 0 unspecified atom stereocenters. The lowest BCUT2D eigenvalue weighted by molar-refractivity contribution is -0.132. The number of hydrogen-bond donors (Lipinski definition) is 2. The molecule has 2 N–H and O–H groups in total. The van der Waals surface area contributed by atoms with Crippen molar-refractivity contribution in [3.8, 4) is 6.07 Å². The maximum absolute atomic E-state index is 12.5. The molecule has 2 aliphatic rings. The third kappa shape index (κ3) is 3.35. The van der Waals surface area contributed by atoms with Crippen LogP contribution in [0.2, 0.25) is 0 Å². The molecule has 6 nitrogen and oxygen atoms in total. The molecule has 2 rings (SSSR count). The van der Waals surface area contributed by atoms with E-state index in [1.807, 2.05) is 13.8 Å². The molecule has 0 bridgehead atoms. The highest BCUT2D eigenvalue weighted by Crippen LogP contribution is 2.27. The minimum Gasteiger partial charge on any atom is -0.323 e. The van der Waals surface area contributed by atoms with Gasteiger partial charge in [0.05, 0.1) is 11.5 Å². The zero-order valence-electron chi connectivity index (χ0n) is 12.9. The molecule has 0 aromatic carbocycles. The first-order valence-electron chi connectivity index (χ1n) is 7.66. The van der Waals surface area contributed by atoms with Crippen molar-refractivity contribution in [1.82, 2.24) is 15.5 Å². The molecule has 116 valence electrons. The number of nitriles is 1. The van der Waals surface area contributed by atoms with Gasteiger partial charge in [0.15, 0.2) is 0 Å². The minimum absolute atomic E-state index is 0.0754. The fraction of sp³-hybridized carbons (Fsp3) is 0.800. The minimum atomic E-state index is -0.672. The van der Waals surface area contributed by atoms with Crippen LogP contribution in [0, 0.1) is 16.7 Å². The van der Waals surface area contributed by atoms with Crippen LogP contribution in [-0.2, 0) is 4.79 Å². The van der Waals surface area contributed by atoms with Gasteiger partial charge in [-0.2, -0.15) is 5.26 Å². The largest absolute Gasteiger partial charge is 0.325 e. The van der Waals surface area contributed by atoms with E-state index in [1.54, 1.807) is 0 Å². The number of rotatable bonds is 5. The fourth-order valence-electron chi connectivity index (χ4n) is 2.96. The monoisotopic (exact) mass is 292 g/mol. The van der Waals surface area contributed by atoms with Crippen molar-refractivity contribution in [1.29, 1.82) is 5.26 Å². The van der Waals surface area contributed by atoms with Crippen LogP contribution in [0.5, 0.6) is 0 Å². The van der Waals surface area contributed by atoms with Crippen molar-refractivity contribution in [2.75, 3.05) is 19.6 Å². The van der Waals surface area contributed by atoms with Crippen molar-refractivity contribution < 1.29 is 9.59 Å². The van der Waals surface area contributed by atoms with Crippen molar-refractivity contribution in [2.24, 2.45) is 5.41 Å². The summed E-state index contributed by atoms with van der Waals surface area (Å²) in [4.78, 5) is 25.9. The van der Waals surface area contributed by atoms with Crippen molar-refractivity contribution >= 4 is 11.9 Å². The number of nitrogens with one attached hydrogen (secondary N) is 2. The van der Waals surface area contributed by atoms with Gasteiger partial charge >= 0.3 is 6.03 Å². The molecular weight excluding hydrogens is 268 g/mol. The second kappa shape index (κ2) is 6.02. The van der Waals surface area contributed by atoms with E-state index >= 15 is 0 Å². The van der Waals surface area contributed by atoms with E-state index in [9.17, 15) is 9.59 Å². The predicted molar refractivity (Wildman–Crippen MR) is 78.3 cm³/mol. The molecule has 6 heteroatoms. The number of nitrogens with zero attached hydrogens (tertiary/aromatic N) is 2. The molecule has 2 aliphatic heterocycles. The van der Waals surface area contributed by atoms with Crippen LogP contribution in [-0.4, -0.2) is 42.0 Å².